The molecule has 0 fully saturated rings. The lowest BCUT2D eigenvalue weighted by Crippen LogP contribution is -2.07. The number of rotatable bonds is 7. The van der Waals surface area contributed by atoms with Gasteiger partial charge < -0.3 is 11.1 Å². The number of nitrogen functional groups attached to an aromatic ring is 1. The first-order chi connectivity index (χ1) is 10.3. The normalized spacial score (nSPS) is 10.9. The molecule has 4 nitrogen and oxygen atoms in total. The predicted molar refractivity (Wildman–Crippen MR) is 89.8 cm³/mol. The summed E-state index contributed by atoms with van der Waals surface area (Å²) in [5.74, 6) is 1.09. The Morgan fingerprint density at radius 3 is 2.71 bits per heavy atom. The van der Waals surface area contributed by atoms with Crippen molar-refractivity contribution in [1.82, 2.24) is 9.97 Å². The van der Waals surface area contributed by atoms with E-state index in [-0.39, 0.29) is 0 Å². The highest BCUT2D eigenvalue weighted by atomic mass is 15.1. The maximum atomic E-state index is 5.68. The van der Waals surface area contributed by atoms with Crippen molar-refractivity contribution in [2.75, 3.05) is 17.6 Å². The Kier molecular flexibility index (Phi) is 5.76. The van der Waals surface area contributed by atoms with Crippen LogP contribution in [0.25, 0.3) is 12.2 Å². The molecule has 1 aromatic carbocycles. The molecule has 0 saturated heterocycles. The van der Waals surface area contributed by atoms with Crippen molar-refractivity contribution in [3.8, 4) is 0 Å². The van der Waals surface area contributed by atoms with Gasteiger partial charge in [-0.05, 0) is 18.1 Å². The van der Waals surface area contributed by atoms with Crippen LogP contribution in [0.4, 0.5) is 11.8 Å². The van der Waals surface area contributed by atoms with Gasteiger partial charge in [-0.1, -0.05) is 56.2 Å². The van der Waals surface area contributed by atoms with E-state index >= 15 is 0 Å². The predicted octanol–water partition coefficient (Wildman–Crippen LogP) is 3.83. The van der Waals surface area contributed by atoms with Gasteiger partial charge in [0.1, 0.15) is 5.82 Å². The Hall–Kier alpha value is -2.36. The zero-order chi connectivity index (χ0) is 14.9. The van der Waals surface area contributed by atoms with E-state index < -0.39 is 0 Å². The van der Waals surface area contributed by atoms with Crippen LogP contribution in [0.1, 0.15) is 37.3 Å². The molecule has 0 amide bonds. The van der Waals surface area contributed by atoms with E-state index in [1.165, 1.54) is 12.8 Å². The summed E-state index contributed by atoms with van der Waals surface area (Å²) in [6, 6.07) is 10.2. The van der Waals surface area contributed by atoms with Crippen molar-refractivity contribution in [3.05, 3.63) is 47.7 Å². The molecule has 21 heavy (non-hydrogen) atoms. The third kappa shape index (κ3) is 4.91. The molecular formula is C17H22N4. The minimum absolute atomic E-state index is 0.296. The molecule has 4 heteroatoms. The summed E-state index contributed by atoms with van der Waals surface area (Å²) in [4.78, 5) is 8.36. The van der Waals surface area contributed by atoms with Gasteiger partial charge >= 0.3 is 0 Å². The van der Waals surface area contributed by atoms with Crippen LogP contribution in [0, 0.1) is 0 Å². The smallest absolute Gasteiger partial charge is 0.221 e. The van der Waals surface area contributed by atoms with Gasteiger partial charge in [0.15, 0.2) is 0 Å². The molecule has 0 unspecified atom stereocenters. The van der Waals surface area contributed by atoms with Gasteiger partial charge in [-0.3, -0.25) is 0 Å². The Morgan fingerprint density at radius 1 is 1.14 bits per heavy atom. The summed E-state index contributed by atoms with van der Waals surface area (Å²) in [5, 5.41) is 3.34. The Morgan fingerprint density at radius 2 is 1.95 bits per heavy atom. The van der Waals surface area contributed by atoms with Crippen LogP contribution in [0.5, 0.6) is 0 Å². The van der Waals surface area contributed by atoms with E-state index in [0.717, 1.165) is 29.9 Å². The van der Waals surface area contributed by atoms with Crippen LogP contribution in [-0.2, 0) is 0 Å². The molecule has 3 N–H and O–H groups in total. The number of aromatic nitrogens is 2. The highest BCUT2D eigenvalue weighted by Crippen LogP contribution is 2.16. The van der Waals surface area contributed by atoms with Crippen LogP contribution in [0.15, 0.2) is 36.5 Å². The fraction of sp³-hybridized carbons (Fsp3) is 0.294. The summed E-state index contributed by atoms with van der Waals surface area (Å²) in [6.07, 6.45) is 9.35. The van der Waals surface area contributed by atoms with Gasteiger partial charge in [-0.2, -0.15) is 4.98 Å². The largest absolute Gasteiger partial charge is 0.369 e. The summed E-state index contributed by atoms with van der Waals surface area (Å²) in [6.45, 7) is 3.09. The zero-order valence-electron chi connectivity index (χ0n) is 12.4. The van der Waals surface area contributed by atoms with Gasteiger partial charge in [0, 0.05) is 18.3 Å². The topological polar surface area (TPSA) is 63.8 Å². The first-order valence-corrected chi connectivity index (χ1v) is 7.39. The molecule has 2 rings (SSSR count). The number of nitrogens with two attached hydrogens (primary N) is 1. The lowest BCUT2D eigenvalue weighted by Gasteiger charge is -2.08. The molecular weight excluding hydrogens is 260 g/mol. The molecule has 0 bridgehead atoms. The Balaban J connectivity index is 2.09. The number of anilines is 2. The highest BCUT2D eigenvalue weighted by molar-refractivity contribution is 5.74. The molecule has 1 aromatic heterocycles. The van der Waals surface area contributed by atoms with Gasteiger partial charge in [0.25, 0.3) is 0 Å². The lowest BCUT2D eigenvalue weighted by molar-refractivity contribution is 0.742. The summed E-state index contributed by atoms with van der Waals surface area (Å²) in [7, 11) is 0. The first-order valence-electron chi connectivity index (χ1n) is 7.39. The van der Waals surface area contributed by atoms with Crippen molar-refractivity contribution < 1.29 is 0 Å². The highest BCUT2D eigenvalue weighted by Gasteiger charge is 2.02. The Bertz CT molecular complexity index is 579. The van der Waals surface area contributed by atoms with Crippen molar-refractivity contribution in [2.24, 2.45) is 0 Å². The van der Waals surface area contributed by atoms with E-state index in [2.05, 4.69) is 34.3 Å². The number of nitrogens with zero attached hydrogens (tertiary/aromatic N) is 2. The molecule has 0 saturated carbocycles. The van der Waals surface area contributed by atoms with Crippen molar-refractivity contribution in [1.29, 1.82) is 0 Å². The molecule has 0 aliphatic carbocycles. The number of benzene rings is 1. The van der Waals surface area contributed by atoms with Crippen LogP contribution in [-0.4, -0.2) is 16.5 Å². The third-order valence-electron chi connectivity index (χ3n) is 3.16. The van der Waals surface area contributed by atoms with E-state index in [1.54, 1.807) is 6.20 Å². The fourth-order valence-corrected chi connectivity index (χ4v) is 2.00. The van der Waals surface area contributed by atoms with Gasteiger partial charge in [-0.15, -0.1) is 0 Å². The van der Waals surface area contributed by atoms with Gasteiger partial charge in [0.05, 0.1) is 0 Å². The zero-order valence-corrected chi connectivity index (χ0v) is 12.4. The summed E-state index contributed by atoms with van der Waals surface area (Å²) >= 11 is 0. The molecule has 0 aliphatic rings. The van der Waals surface area contributed by atoms with Crippen LogP contribution in [0.2, 0.25) is 0 Å². The van der Waals surface area contributed by atoms with Crippen LogP contribution in [0.3, 0.4) is 0 Å². The average molecular weight is 282 g/mol. The molecule has 0 atom stereocenters. The standard InChI is InChI=1S/C17H22N4/c1-2-3-7-12-19-16-15(13-20-17(18)21-16)11-10-14-8-5-4-6-9-14/h4-6,8-11,13H,2-3,7,12H2,1H3,(H3,18,19,20,21). The van der Waals surface area contributed by atoms with E-state index in [9.17, 15) is 0 Å². The fourth-order valence-electron chi connectivity index (χ4n) is 2.00. The molecule has 0 aliphatic heterocycles. The number of hydrogen-bond donors (Lipinski definition) is 2. The van der Waals surface area contributed by atoms with E-state index in [1.807, 2.05) is 30.4 Å². The lowest BCUT2D eigenvalue weighted by atomic mass is 10.2. The molecule has 0 spiro atoms. The van der Waals surface area contributed by atoms with E-state index in [4.69, 9.17) is 5.73 Å². The van der Waals surface area contributed by atoms with Crippen LogP contribution < -0.4 is 11.1 Å². The minimum Gasteiger partial charge on any atom is -0.369 e. The second-order valence-corrected chi connectivity index (χ2v) is 4.91. The van der Waals surface area contributed by atoms with Gasteiger partial charge in [-0.25, -0.2) is 4.98 Å². The Labute approximate surface area is 126 Å². The summed E-state index contributed by atoms with van der Waals surface area (Å²) in [5.41, 5.74) is 7.77. The monoisotopic (exact) mass is 282 g/mol. The number of unbranched alkanes of at least 4 members (excludes halogenated alkanes) is 2. The van der Waals surface area contributed by atoms with Crippen molar-refractivity contribution >= 4 is 23.9 Å². The minimum atomic E-state index is 0.296. The van der Waals surface area contributed by atoms with Crippen LogP contribution >= 0.6 is 0 Å². The third-order valence-corrected chi connectivity index (χ3v) is 3.16. The second kappa shape index (κ2) is 8.04. The van der Waals surface area contributed by atoms with E-state index in [0.29, 0.717) is 5.95 Å². The number of nitrogens with one attached hydrogen (secondary N) is 1. The summed E-state index contributed by atoms with van der Waals surface area (Å²) < 4.78 is 0. The molecule has 110 valence electrons. The maximum Gasteiger partial charge on any atom is 0.221 e. The average Bonchev–Trinajstić information content (AvgIpc) is 2.52. The second-order valence-electron chi connectivity index (χ2n) is 4.91. The van der Waals surface area contributed by atoms with Gasteiger partial charge in [0.2, 0.25) is 5.95 Å². The molecule has 1 heterocycles. The quantitative estimate of drug-likeness (QED) is 0.757. The van der Waals surface area contributed by atoms with Crippen molar-refractivity contribution in [2.45, 2.75) is 26.2 Å². The molecule has 0 radical (unpaired) electrons. The van der Waals surface area contributed by atoms with Crippen molar-refractivity contribution in [3.63, 3.8) is 0 Å². The maximum absolute atomic E-state index is 5.68. The number of hydrogen-bond acceptors (Lipinski definition) is 4. The SMILES string of the molecule is CCCCCNc1nc(N)ncc1C=Cc1ccccc1. The first kappa shape index (κ1) is 15.0. The molecule has 2 aromatic rings.